The summed E-state index contributed by atoms with van der Waals surface area (Å²) < 4.78 is 36.1. The lowest BCUT2D eigenvalue weighted by Crippen LogP contribution is -2.13. The molecule has 1 N–H and O–H groups in total. The molecule has 0 spiro atoms. The highest BCUT2D eigenvalue weighted by Crippen LogP contribution is 2.25. The molecule has 76 valence electrons. The van der Waals surface area contributed by atoms with Crippen molar-refractivity contribution in [2.75, 3.05) is 0 Å². The van der Waals surface area contributed by atoms with Gasteiger partial charge in [-0.1, -0.05) is 0 Å². The number of hydrogen-bond acceptors (Lipinski definition) is 3. The molecule has 0 radical (unpaired) electrons. The van der Waals surface area contributed by atoms with Crippen LogP contribution in [0.3, 0.4) is 0 Å². The maximum atomic E-state index is 12.0. The first kappa shape index (κ1) is 10.4. The van der Waals surface area contributed by atoms with Crippen molar-refractivity contribution in [3.05, 3.63) is 23.8 Å². The Morgan fingerprint density at radius 1 is 1.50 bits per heavy atom. The summed E-state index contributed by atoms with van der Waals surface area (Å²) in [4.78, 5) is 16.2. The largest absolute Gasteiger partial charge is 0.481 e. The fourth-order valence-electron chi connectivity index (χ4n) is 0.786. The zero-order chi connectivity index (χ0) is 10.8. The Balaban J connectivity index is 2.95. The van der Waals surface area contributed by atoms with Gasteiger partial charge in [0.15, 0.2) is 0 Å². The predicted octanol–water partition coefficient (Wildman–Crippen LogP) is 1.12. The molecule has 1 heterocycles. The second-order valence-corrected chi connectivity index (χ2v) is 2.44. The van der Waals surface area contributed by atoms with Crippen LogP contribution in [-0.2, 0) is 17.4 Å². The van der Waals surface area contributed by atoms with E-state index in [4.69, 9.17) is 5.11 Å². The van der Waals surface area contributed by atoms with Gasteiger partial charge in [-0.05, 0) is 6.07 Å². The first-order chi connectivity index (χ1) is 6.39. The summed E-state index contributed by atoms with van der Waals surface area (Å²) in [5.74, 6) is -2.56. The van der Waals surface area contributed by atoms with Gasteiger partial charge in [-0.3, -0.25) is 4.79 Å². The van der Waals surface area contributed by atoms with E-state index in [0.29, 0.717) is 0 Å². The third-order valence-corrected chi connectivity index (χ3v) is 1.30. The van der Waals surface area contributed by atoms with Crippen LogP contribution in [0.5, 0.6) is 0 Å². The number of aliphatic carboxylic acids is 1. The summed E-state index contributed by atoms with van der Waals surface area (Å²) in [6.07, 6.45) is -4.31. The van der Waals surface area contributed by atoms with Gasteiger partial charge in [-0.2, -0.15) is 13.2 Å². The van der Waals surface area contributed by atoms with E-state index in [1.807, 2.05) is 0 Å². The van der Waals surface area contributed by atoms with Crippen molar-refractivity contribution in [3.8, 4) is 0 Å². The molecule has 7 heteroatoms. The van der Waals surface area contributed by atoms with E-state index in [2.05, 4.69) is 9.97 Å². The number of rotatable bonds is 2. The van der Waals surface area contributed by atoms with E-state index in [9.17, 15) is 18.0 Å². The van der Waals surface area contributed by atoms with Gasteiger partial charge in [-0.25, -0.2) is 9.97 Å². The van der Waals surface area contributed by atoms with Crippen LogP contribution in [-0.4, -0.2) is 21.0 Å². The highest BCUT2D eigenvalue weighted by molar-refractivity contribution is 5.69. The molecule has 1 aromatic heterocycles. The Morgan fingerprint density at radius 3 is 2.64 bits per heavy atom. The van der Waals surface area contributed by atoms with Crippen molar-refractivity contribution < 1.29 is 23.1 Å². The van der Waals surface area contributed by atoms with E-state index >= 15 is 0 Å². The van der Waals surface area contributed by atoms with Crippen LogP contribution in [0.15, 0.2) is 12.3 Å². The lowest BCUT2D eigenvalue weighted by molar-refractivity contribution is -0.145. The number of alkyl halides is 3. The van der Waals surface area contributed by atoms with Gasteiger partial charge >= 0.3 is 12.1 Å². The lowest BCUT2D eigenvalue weighted by atomic mass is 10.3. The molecule has 0 saturated carbocycles. The Hall–Kier alpha value is -1.66. The first-order valence-corrected chi connectivity index (χ1v) is 3.50. The zero-order valence-corrected chi connectivity index (χ0v) is 6.75. The summed E-state index contributed by atoms with van der Waals surface area (Å²) in [6.45, 7) is 0. The van der Waals surface area contributed by atoms with Crippen LogP contribution in [0.1, 0.15) is 11.5 Å². The third-order valence-electron chi connectivity index (χ3n) is 1.30. The Morgan fingerprint density at radius 2 is 2.14 bits per heavy atom. The number of carboxylic acids is 1. The third kappa shape index (κ3) is 2.68. The van der Waals surface area contributed by atoms with Crippen molar-refractivity contribution in [1.82, 2.24) is 9.97 Å². The molecule has 0 aliphatic rings. The molecule has 0 aliphatic carbocycles. The van der Waals surface area contributed by atoms with Crippen molar-refractivity contribution >= 4 is 5.97 Å². The van der Waals surface area contributed by atoms with Crippen LogP contribution in [0, 0.1) is 0 Å². The number of nitrogens with zero attached hydrogens (tertiary/aromatic N) is 2. The van der Waals surface area contributed by atoms with Gasteiger partial charge < -0.3 is 5.11 Å². The maximum absolute atomic E-state index is 12.0. The average molecular weight is 206 g/mol. The fourth-order valence-corrected chi connectivity index (χ4v) is 0.786. The molecule has 0 aliphatic heterocycles. The van der Waals surface area contributed by atoms with E-state index in [1.165, 1.54) is 0 Å². The smallest absolute Gasteiger partial charge is 0.451 e. The van der Waals surface area contributed by atoms with E-state index in [1.54, 1.807) is 0 Å². The molecular formula is C7H5F3N2O2. The molecule has 0 atom stereocenters. The van der Waals surface area contributed by atoms with Gasteiger partial charge in [0, 0.05) is 6.20 Å². The minimum atomic E-state index is -4.64. The SMILES string of the molecule is O=C(O)Cc1ccnc(C(F)(F)F)n1. The summed E-state index contributed by atoms with van der Waals surface area (Å²) >= 11 is 0. The topological polar surface area (TPSA) is 63.1 Å². The van der Waals surface area contributed by atoms with Crippen molar-refractivity contribution in [2.45, 2.75) is 12.6 Å². The second kappa shape index (κ2) is 3.60. The Bertz CT molecular complexity index is 351. The summed E-state index contributed by atoms with van der Waals surface area (Å²) in [6, 6.07) is 1.13. The minimum absolute atomic E-state index is 0.167. The van der Waals surface area contributed by atoms with Crippen LogP contribution >= 0.6 is 0 Å². The van der Waals surface area contributed by atoms with Crippen molar-refractivity contribution in [2.24, 2.45) is 0 Å². The van der Waals surface area contributed by atoms with E-state index in [0.717, 1.165) is 12.3 Å². The molecule has 0 fully saturated rings. The second-order valence-electron chi connectivity index (χ2n) is 2.44. The number of aromatic nitrogens is 2. The fraction of sp³-hybridized carbons (Fsp3) is 0.286. The highest BCUT2D eigenvalue weighted by Gasteiger charge is 2.34. The number of hydrogen-bond donors (Lipinski definition) is 1. The summed E-state index contributed by atoms with van der Waals surface area (Å²) in [5, 5.41) is 8.32. The molecule has 0 amide bonds. The van der Waals surface area contributed by atoms with Crippen LogP contribution in [0.2, 0.25) is 0 Å². The van der Waals surface area contributed by atoms with Gasteiger partial charge in [0.1, 0.15) is 0 Å². The Labute approximate surface area is 76.4 Å². The van der Waals surface area contributed by atoms with Gasteiger partial charge in [0.25, 0.3) is 0 Å². The van der Waals surface area contributed by atoms with E-state index < -0.39 is 24.4 Å². The molecule has 14 heavy (non-hydrogen) atoms. The quantitative estimate of drug-likeness (QED) is 0.787. The first-order valence-electron chi connectivity index (χ1n) is 3.50. The number of carbonyl (C=O) groups is 1. The molecule has 0 bridgehead atoms. The molecule has 1 rings (SSSR count). The lowest BCUT2D eigenvalue weighted by Gasteiger charge is -2.04. The van der Waals surface area contributed by atoms with Gasteiger partial charge in [0.2, 0.25) is 5.82 Å². The zero-order valence-electron chi connectivity index (χ0n) is 6.75. The molecule has 4 nitrogen and oxygen atoms in total. The normalized spacial score (nSPS) is 11.4. The average Bonchev–Trinajstić information content (AvgIpc) is 2.01. The predicted molar refractivity (Wildman–Crippen MR) is 38.4 cm³/mol. The highest BCUT2D eigenvalue weighted by atomic mass is 19.4. The standard InChI is InChI=1S/C7H5F3N2O2/c8-7(9,10)6-11-2-1-4(12-6)3-5(13)14/h1-2H,3H2,(H,13,14). The number of halogens is 3. The van der Waals surface area contributed by atoms with Gasteiger partial charge in [-0.15, -0.1) is 0 Å². The molecule has 0 unspecified atom stereocenters. The van der Waals surface area contributed by atoms with Crippen LogP contribution < -0.4 is 0 Å². The molecule has 1 aromatic rings. The molecular weight excluding hydrogens is 201 g/mol. The minimum Gasteiger partial charge on any atom is -0.481 e. The summed E-state index contributed by atoms with van der Waals surface area (Å²) in [7, 11) is 0. The van der Waals surface area contributed by atoms with Crippen molar-refractivity contribution in [3.63, 3.8) is 0 Å². The van der Waals surface area contributed by atoms with Crippen LogP contribution in [0.4, 0.5) is 13.2 Å². The van der Waals surface area contributed by atoms with Crippen LogP contribution in [0.25, 0.3) is 0 Å². The van der Waals surface area contributed by atoms with Gasteiger partial charge in [0.05, 0.1) is 12.1 Å². The maximum Gasteiger partial charge on any atom is 0.451 e. The van der Waals surface area contributed by atoms with E-state index in [-0.39, 0.29) is 5.69 Å². The van der Waals surface area contributed by atoms with Crippen molar-refractivity contribution in [1.29, 1.82) is 0 Å². The number of carboxylic acid groups (broad SMARTS) is 1. The Kier molecular flexibility index (Phi) is 2.68. The molecule has 0 aromatic carbocycles. The monoisotopic (exact) mass is 206 g/mol. The molecule has 0 saturated heterocycles. The summed E-state index contributed by atoms with van der Waals surface area (Å²) in [5.41, 5.74) is -0.167.